The molecule has 1 N–H and O–H groups in total. The van der Waals surface area contributed by atoms with E-state index in [2.05, 4.69) is 35.8 Å². The van der Waals surface area contributed by atoms with Gasteiger partial charge in [0, 0.05) is 17.4 Å². The van der Waals surface area contributed by atoms with Crippen LogP contribution in [0.25, 0.3) is 22.2 Å². The van der Waals surface area contributed by atoms with Gasteiger partial charge in [0.1, 0.15) is 0 Å². The van der Waals surface area contributed by atoms with E-state index in [0.717, 1.165) is 12.1 Å². The molecule has 0 spiro atoms. The van der Waals surface area contributed by atoms with Crippen LogP contribution in [-0.2, 0) is 6.54 Å². The van der Waals surface area contributed by atoms with Gasteiger partial charge in [0.15, 0.2) is 0 Å². The third-order valence-corrected chi connectivity index (χ3v) is 5.73. The molecule has 134 valence electrons. The molecule has 1 heterocycles. The fourth-order valence-electron chi connectivity index (χ4n) is 4.55. The molecule has 2 aromatic carbocycles. The summed E-state index contributed by atoms with van der Waals surface area (Å²) in [5.41, 5.74) is 5.33. The molecule has 0 radical (unpaired) electrons. The largest absolute Gasteiger partial charge is 0.478 e. The third-order valence-electron chi connectivity index (χ3n) is 5.73. The molecular weight excluding hydrogens is 322 g/mol. The first kappa shape index (κ1) is 16.9. The van der Waals surface area contributed by atoms with Crippen LogP contribution in [0.4, 0.5) is 0 Å². The topological polar surface area (TPSA) is 42.2 Å². The van der Waals surface area contributed by atoms with Crippen molar-refractivity contribution in [3.8, 4) is 11.3 Å². The van der Waals surface area contributed by atoms with Gasteiger partial charge >= 0.3 is 5.97 Å². The normalized spacial score (nSPS) is 15.4. The minimum atomic E-state index is -0.865. The minimum Gasteiger partial charge on any atom is -0.478 e. The van der Waals surface area contributed by atoms with E-state index in [4.69, 9.17) is 0 Å². The maximum Gasteiger partial charge on any atom is 0.335 e. The van der Waals surface area contributed by atoms with Crippen LogP contribution in [0.5, 0.6) is 0 Å². The number of hydrogen-bond acceptors (Lipinski definition) is 1. The summed E-state index contributed by atoms with van der Waals surface area (Å²) in [4.78, 5) is 11.5. The number of carboxylic acids is 1. The molecule has 0 saturated heterocycles. The lowest BCUT2D eigenvalue weighted by Gasteiger charge is -2.23. The third kappa shape index (κ3) is 2.82. The lowest BCUT2D eigenvalue weighted by atomic mass is 9.82. The number of rotatable bonds is 4. The van der Waals surface area contributed by atoms with Crippen molar-refractivity contribution in [1.82, 2.24) is 4.57 Å². The van der Waals surface area contributed by atoms with Crippen LogP contribution in [0.3, 0.4) is 0 Å². The van der Waals surface area contributed by atoms with Crippen LogP contribution in [0.1, 0.15) is 60.9 Å². The molecule has 1 saturated carbocycles. The smallest absolute Gasteiger partial charge is 0.335 e. The Morgan fingerprint density at radius 2 is 1.81 bits per heavy atom. The van der Waals surface area contributed by atoms with Crippen molar-refractivity contribution >= 4 is 16.9 Å². The maximum absolute atomic E-state index is 11.5. The lowest BCUT2D eigenvalue weighted by molar-refractivity contribution is 0.0697. The number of aromatic carboxylic acids is 1. The summed E-state index contributed by atoms with van der Waals surface area (Å²) in [5.74, 6) is -0.304. The number of fused-ring (bicyclic) bond motifs is 1. The van der Waals surface area contributed by atoms with Crippen molar-refractivity contribution in [1.29, 1.82) is 0 Å². The van der Waals surface area contributed by atoms with Gasteiger partial charge in [-0.05, 0) is 48.9 Å². The van der Waals surface area contributed by atoms with Crippen molar-refractivity contribution in [3.63, 3.8) is 0 Å². The Morgan fingerprint density at radius 3 is 2.46 bits per heavy atom. The molecule has 0 unspecified atom stereocenters. The highest BCUT2D eigenvalue weighted by atomic mass is 16.4. The van der Waals surface area contributed by atoms with E-state index >= 15 is 0 Å². The van der Waals surface area contributed by atoms with Gasteiger partial charge in [0.2, 0.25) is 0 Å². The van der Waals surface area contributed by atoms with Gasteiger partial charge in [-0.1, -0.05) is 55.7 Å². The first-order valence-electron chi connectivity index (χ1n) is 9.65. The second-order valence-corrected chi connectivity index (χ2v) is 7.24. The quantitative estimate of drug-likeness (QED) is 0.622. The van der Waals surface area contributed by atoms with Crippen LogP contribution >= 0.6 is 0 Å². The van der Waals surface area contributed by atoms with Crippen LogP contribution in [0.15, 0.2) is 48.5 Å². The summed E-state index contributed by atoms with van der Waals surface area (Å²) in [6, 6.07) is 16.2. The molecule has 1 fully saturated rings. The van der Waals surface area contributed by atoms with Crippen LogP contribution in [0, 0.1) is 0 Å². The molecule has 1 aliphatic carbocycles. The molecule has 4 rings (SSSR count). The second-order valence-electron chi connectivity index (χ2n) is 7.24. The Kier molecular flexibility index (Phi) is 4.54. The fraction of sp³-hybridized carbons (Fsp3) is 0.348. The SMILES string of the molecule is CCn1c(-c2ccccc2)c(C2CCCCC2)c2ccc(C(=O)O)cc21. The molecule has 3 nitrogen and oxygen atoms in total. The van der Waals surface area contributed by atoms with E-state index in [1.165, 1.54) is 54.3 Å². The molecule has 0 atom stereocenters. The highest BCUT2D eigenvalue weighted by molar-refractivity contribution is 5.98. The van der Waals surface area contributed by atoms with Gasteiger partial charge in [-0.2, -0.15) is 0 Å². The number of hydrogen-bond donors (Lipinski definition) is 1. The molecule has 26 heavy (non-hydrogen) atoms. The first-order chi connectivity index (χ1) is 12.7. The van der Waals surface area contributed by atoms with Gasteiger partial charge in [-0.25, -0.2) is 4.79 Å². The Bertz CT molecular complexity index is 934. The average molecular weight is 347 g/mol. The average Bonchev–Trinajstić information content (AvgIpc) is 3.02. The summed E-state index contributed by atoms with van der Waals surface area (Å²) >= 11 is 0. The summed E-state index contributed by atoms with van der Waals surface area (Å²) in [6.45, 7) is 2.97. The Labute approximate surface area is 154 Å². The Hall–Kier alpha value is -2.55. The fourth-order valence-corrected chi connectivity index (χ4v) is 4.55. The number of benzene rings is 2. The second kappa shape index (κ2) is 6.99. The van der Waals surface area contributed by atoms with Gasteiger partial charge in [-0.3, -0.25) is 0 Å². The highest BCUT2D eigenvalue weighted by Crippen LogP contribution is 2.44. The summed E-state index contributed by atoms with van der Waals surface area (Å²) in [5, 5.41) is 10.7. The number of carbonyl (C=O) groups is 1. The predicted octanol–water partition coefficient (Wildman–Crippen LogP) is 6.07. The van der Waals surface area contributed by atoms with E-state index < -0.39 is 5.97 Å². The zero-order valence-corrected chi connectivity index (χ0v) is 15.2. The van der Waals surface area contributed by atoms with Gasteiger partial charge in [-0.15, -0.1) is 0 Å². The van der Waals surface area contributed by atoms with Crippen molar-refractivity contribution in [2.75, 3.05) is 0 Å². The summed E-state index contributed by atoms with van der Waals surface area (Å²) < 4.78 is 2.31. The molecule has 0 aliphatic heterocycles. The van der Waals surface area contributed by atoms with Gasteiger partial charge in [0.05, 0.1) is 11.3 Å². The number of nitrogens with zero attached hydrogens (tertiary/aromatic N) is 1. The predicted molar refractivity (Wildman–Crippen MR) is 106 cm³/mol. The standard InChI is InChI=1S/C23H25NO2/c1-2-24-20-15-18(23(25)26)13-14-19(20)21(16-9-5-3-6-10-16)22(24)17-11-7-4-8-12-17/h4,7-8,11-16H,2-3,5-6,9-10H2,1H3,(H,25,26). The Balaban J connectivity index is 2.03. The van der Waals surface area contributed by atoms with Crippen molar-refractivity contribution in [3.05, 3.63) is 59.7 Å². The summed E-state index contributed by atoms with van der Waals surface area (Å²) in [7, 11) is 0. The minimum absolute atomic E-state index is 0.361. The van der Waals surface area contributed by atoms with Gasteiger partial charge < -0.3 is 9.67 Å². The van der Waals surface area contributed by atoms with E-state index in [0.29, 0.717) is 11.5 Å². The summed E-state index contributed by atoms with van der Waals surface area (Å²) in [6.07, 6.45) is 6.34. The molecule has 0 amide bonds. The van der Waals surface area contributed by atoms with E-state index in [-0.39, 0.29) is 0 Å². The number of carboxylic acid groups (broad SMARTS) is 1. The molecule has 3 aromatic rings. The van der Waals surface area contributed by atoms with Crippen molar-refractivity contribution < 1.29 is 9.90 Å². The number of aryl methyl sites for hydroxylation is 1. The molecule has 1 aliphatic rings. The van der Waals surface area contributed by atoms with Crippen molar-refractivity contribution in [2.45, 2.75) is 51.5 Å². The molecule has 3 heteroatoms. The number of aromatic nitrogens is 1. The van der Waals surface area contributed by atoms with Crippen LogP contribution in [-0.4, -0.2) is 15.6 Å². The Morgan fingerprint density at radius 1 is 1.08 bits per heavy atom. The molecule has 0 bridgehead atoms. The van der Waals surface area contributed by atoms with E-state index in [1.807, 2.05) is 18.2 Å². The zero-order chi connectivity index (χ0) is 18.1. The van der Waals surface area contributed by atoms with Crippen LogP contribution < -0.4 is 0 Å². The van der Waals surface area contributed by atoms with Gasteiger partial charge in [0.25, 0.3) is 0 Å². The van der Waals surface area contributed by atoms with E-state index in [9.17, 15) is 9.90 Å². The lowest BCUT2D eigenvalue weighted by Crippen LogP contribution is -2.06. The van der Waals surface area contributed by atoms with Crippen LogP contribution in [0.2, 0.25) is 0 Å². The molecular formula is C23H25NO2. The first-order valence-corrected chi connectivity index (χ1v) is 9.65. The maximum atomic E-state index is 11.5. The van der Waals surface area contributed by atoms with E-state index in [1.54, 1.807) is 6.07 Å². The monoisotopic (exact) mass is 347 g/mol. The van der Waals surface area contributed by atoms with Crippen molar-refractivity contribution in [2.24, 2.45) is 0 Å². The highest BCUT2D eigenvalue weighted by Gasteiger charge is 2.26. The molecule has 1 aromatic heterocycles. The zero-order valence-electron chi connectivity index (χ0n) is 15.2.